The molecule has 0 amide bonds. The summed E-state index contributed by atoms with van der Waals surface area (Å²) in [7, 11) is 1.99. The van der Waals surface area contributed by atoms with E-state index in [9.17, 15) is 0 Å². The van der Waals surface area contributed by atoms with Crippen molar-refractivity contribution in [2.24, 2.45) is 0 Å². The Balaban J connectivity index is 2.72. The second-order valence-corrected chi connectivity index (χ2v) is 3.63. The maximum Gasteiger partial charge on any atom is 0.0854 e. The van der Waals surface area contributed by atoms with E-state index < -0.39 is 0 Å². The molecular weight excluding hydrogens is 174 g/mol. The number of nitrogens with one attached hydrogen (secondary N) is 2. The number of fused-ring (bicyclic) bond motifs is 1. The van der Waals surface area contributed by atoms with Crippen molar-refractivity contribution in [3.63, 3.8) is 0 Å². The van der Waals surface area contributed by atoms with Crippen LogP contribution in [0, 0.1) is 13.8 Å². The SMILES string of the molecule is C=Cc1cc(C)c(C)c2c1N(C)NN2. The first-order valence-electron chi connectivity index (χ1n) is 4.67. The van der Waals surface area contributed by atoms with Crippen molar-refractivity contribution in [1.82, 2.24) is 5.53 Å². The summed E-state index contributed by atoms with van der Waals surface area (Å²) < 4.78 is 0. The molecule has 1 aromatic carbocycles. The lowest BCUT2D eigenvalue weighted by atomic mass is 10.0. The Labute approximate surface area is 84.4 Å². The molecular formula is C11H15N3. The number of anilines is 2. The highest BCUT2D eigenvalue weighted by Crippen LogP contribution is 2.37. The van der Waals surface area contributed by atoms with Gasteiger partial charge in [-0.2, -0.15) is 0 Å². The zero-order valence-corrected chi connectivity index (χ0v) is 8.81. The third-order valence-corrected chi connectivity index (χ3v) is 2.75. The summed E-state index contributed by atoms with van der Waals surface area (Å²) in [5.74, 6) is 0. The second-order valence-electron chi connectivity index (χ2n) is 3.63. The van der Waals surface area contributed by atoms with Gasteiger partial charge in [0.1, 0.15) is 0 Å². The predicted octanol–water partition coefficient (Wildman–Crippen LogP) is 2.23. The van der Waals surface area contributed by atoms with Crippen molar-refractivity contribution in [2.75, 3.05) is 17.5 Å². The van der Waals surface area contributed by atoms with Crippen LogP contribution in [-0.4, -0.2) is 7.05 Å². The van der Waals surface area contributed by atoms with Gasteiger partial charge in [-0.25, -0.2) is 0 Å². The van der Waals surface area contributed by atoms with Crippen molar-refractivity contribution >= 4 is 17.5 Å². The van der Waals surface area contributed by atoms with E-state index in [1.807, 2.05) is 18.1 Å². The van der Waals surface area contributed by atoms with E-state index >= 15 is 0 Å². The highest BCUT2D eigenvalue weighted by atomic mass is 15.7. The number of aryl methyl sites for hydroxylation is 1. The molecule has 3 heteroatoms. The normalized spacial score (nSPS) is 13.8. The lowest BCUT2D eigenvalue weighted by Gasteiger charge is -2.14. The molecule has 0 unspecified atom stereocenters. The molecule has 1 heterocycles. The van der Waals surface area contributed by atoms with Gasteiger partial charge in [0.15, 0.2) is 0 Å². The van der Waals surface area contributed by atoms with Crippen LogP contribution in [0.3, 0.4) is 0 Å². The molecule has 0 fully saturated rings. The molecule has 0 bridgehead atoms. The quantitative estimate of drug-likeness (QED) is 0.709. The molecule has 14 heavy (non-hydrogen) atoms. The fourth-order valence-electron chi connectivity index (χ4n) is 1.79. The number of rotatable bonds is 1. The van der Waals surface area contributed by atoms with Crippen LogP contribution in [0.5, 0.6) is 0 Å². The van der Waals surface area contributed by atoms with Gasteiger partial charge < -0.3 is 5.43 Å². The van der Waals surface area contributed by atoms with E-state index in [2.05, 4.69) is 37.5 Å². The Morgan fingerprint density at radius 2 is 2.14 bits per heavy atom. The molecule has 0 saturated heterocycles. The molecule has 74 valence electrons. The Morgan fingerprint density at radius 3 is 2.79 bits per heavy atom. The maximum absolute atomic E-state index is 3.83. The first kappa shape index (κ1) is 9.09. The average Bonchev–Trinajstić information content (AvgIpc) is 2.55. The molecule has 0 saturated carbocycles. The lowest BCUT2D eigenvalue weighted by Crippen LogP contribution is -2.31. The summed E-state index contributed by atoms with van der Waals surface area (Å²) in [5.41, 5.74) is 12.3. The van der Waals surface area contributed by atoms with Crippen LogP contribution >= 0.6 is 0 Å². The number of benzene rings is 1. The molecule has 3 nitrogen and oxygen atoms in total. The summed E-state index contributed by atoms with van der Waals surface area (Å²) in [6.45, 7) is 8.07. The molecule has 1 aromatic rings. The zero-order chi connectivity index (χ0) is 10.3. The molecule has 0 atom stereocenters. The minimum atomic E-state index is 1.16. The summed E-state index contributed by atoms with van der Waals surface area (Å²) >= 11 is 0. The highest BCUT2D eigenvalue weighted by molar-refractivity contribution is 5.85. The predicted molar refractivity (Wildman–Crippen MR) is 61.2 cm³/mol. The van der Waals surface area contributed by atoms with Crippen molar-refractivity contribution in [3.8, 4) is 0 Å². The molecule has 2 rings (SSSR count). The van der Waals surface area contributed by atoms with Gasteiger partial charge in [-0.15, -0.1) is 5.53 Å². The Kier molecular flexibility index (Phi) is 1.97. The fourth-order valence-corrected chi connectivity index (χ4v) is 1.79. The van der Waals surface area contributed by atoms with E-state index in [0.29, 0.717) is 0 Å². The van der Waals surface area contributed by atoms with Gasteiger partial charge in [-0.3, -0.25) is 5.01 Å². The van der Waals surface area contributed by atoms with E-state index in [4.69, 9.17) is 0 Å². The van der Waals surface area contributed by atoms with Crippen molar-refractivity contribution in [1.29, 1.82) is 0 Å². The molecule has 2 N–H and O–H groups in total. The van der Waals surface area contributed by atoms with Crippen LogP contribution in [0.15, 0.2) is 12.6 Å². The molecule has 0 spiro atoms. The Morgan fingerprint density at radius 1 is 1.43 bits per heavy atom. The monoisotopic (exact) mass is 189 g/mol. The largest absolute Gasteiger partial charge is 0.301 e. The molecule has 0 radical (unpaired) electrons. The standard InChI is InChI=1S/C11H15N3/c1-5-9-6-7(2)8(3)10-11(9)14(4)13-12-10/h5-6,12-13H,1H2,2-4H3. The van der Waals surface area contributed by atoms with Gasteiger partial charge in [0.05, 0.1) is 11.4 Å². The van der Waals surface area contributed by atoms with E-state index in [1.54, 1.807) is 0 Å². The van der Waals surface area contributed by atoms with Crippen LogP contribution in [0.4, 0.5) is 11.4 Å². The lowest BCUT2D eigenvalue weighted by molar-refractivity contribution is 0.819. The first-order valence-corrected chi connectivity index (χ1v) is 4.67. The molecule has 1 aliphatic rings. The van der Waals surface area contributed by atoms with Gasteiger partial charge in [0.25, 0.3) is 0 Å². The number of hydrogen-bond acceptors (Lipinski definition) is 3. The summed E-state index contributed by atoms with van der Waals surface area (Å²) in [6.07, 6.45) is 1.89. The van der Waals surface area contributed by atoms with Gasteiger partial charge in [-0.1, -0.05) is 12.7 Å². The maximum atomic E-state index is 3.83. The molecule has 0 aliphatic carbocycles. The Hall–Kier alpha value is -1.48. The van der Waals surface area contributed by atoms with E-state index in [0.717, 1.165) is 11.3 Å². The summed E-state index contributed by atoms with van der Waals surface area (Å²) in [6, 6.07) is 2.16. The summed E-state index contributed by atoms with van der Waals surface area (Å²) in [5, 5.41) is 1.97. The van der Waals surface area contributed by atoms with Crippen LogP contribution < -0.4 is 16.0 Å². The second kappa shape index (κ2) is 3.03. The van der Waals surface area contributed by atoms with Gasteiger partial charge in [0, 0.05) is 12.6 Å². The number of hydrogen-bond donors (Lipinski definition) is 2. The Bertz CT molecular complexity index is 396. The van der Waals surface area contributed by atoms with E-state index in [1.165, 1.54) is 16.8 Å². The molecule has 0 aromatic heterocycles. The van der Waals surface area contributed by atoms with Gasteiger partial charge in [-0.05, 0) is 31.0 Å². The van der Waals surface area contributed by atoms with Gasteiger partial charge in [0.2, 0.25) is 0 Å². The van der Waals surface area contributed by atoms with Crippen molar-refractivity contribution in [3.05, 3.63) is 29.3 Å². The smallest absolute Gasteiger partial charge is 0.0854 e. The first-order chi connectivity index (χ1) is 6.65. The minimum Gasteiger partial charge on any atom is -0.301 e. The number of hydrazine groups is 2. The van der Waals surface area contributed by atoms with Crippen LogP contribution in [0.25, 0.3) is 6.08 Å². The average molecular weight is 189 g/mol. The minimum absolute atomic E-state index is 1.16. The third-order valence-electron chi connectivity index (χ3n) is 2.75. The highest BCUT2D eigenvalue weighted by Gasteiger charge is 2.20. The van der Waals surface area contributed by atoms with Gasteiger partial charge >= 0.3 is 0 Å². The third kappa shape index (κ3) is 1.09. The fraction of sp³-hybridized carbons (Fsp3) is 0.273. The summed E-state index contributed by atoms with van der Waals surface area (Å²) in [4.78, 5) is 0. The van der Waals surface area contributed by atoms with Crippen LogP contribution in [0.2, 0.25) is 0 Å². The van der Waals surface area contributed by atoms with Crippen molar-refractivity contribution in [2.45, 2.75) is 13.8 Å². The van der Waals surface area contributed by atoms with Crippen LogP contribution in [0.1, 0.15) is 16.7 Å². The number of nitrogens with zero attached hydrogens (tertiary/aromatic N) is 1. The van der Waals surface area contributed by atoms with Crippen molar-refractivity contribution < 1.29 is 0 Å². The zero-order valence-electron chi connectivity index (χ0n) is 8.81. The topological polar surface area (TPSA) is 27.3 Å². The van der Waals surface area contributed by atoms with E-state index in [-0.39, 0.29) is 0 Å². The molecule has 1 aliphatic heterocycles. The van der Waals surface area contributed by atoms with Crippen LogP contribution in [-0.2, 0) is 0 Å².